The Kier molecular flexibility index (Phi) is 3.19. The highest BCUT2D eigenvalue weighted by Crippen LogP contribution is 2.15. The first kappa shape index (κ1) is 10.7. The van der Waals surface area contributed by atoms with Crippen LogP contribution in [0.4, 0.5) is 5.82 Å². The first-order valence-corrected chi connectivity index (χ1v) is 4.46. The Bertz CT molecular complexity index is 334. The Balaban J connectivity index is 3.13. The molecule has 0 saturated heterocycles. The maximum Gasteiger partial charge on any atom is 0.182 e. The van der Waals surface area contributed by atoms with Gasteiger partial charge in [-0.1, -0.05) is 0 Å². The Labute approximate surface area is 83.7 Å². The van der Waals surface area contributed by atoms with Crippen molar-refractivity contribution in [2.45, 2.75) is 13.0 Å². The van der Waals surface area contributed by atoms with E-state index in [1.54, 1.807) is 30.2 Å². The van der Waals surface area contributed by atoms with Crippen LogP contribution >= 0.6 is 0 Å². The minimum atomic E-state index is -0.488. The molecule has 1 heterocycles. The van der Waals surface area contributed by atoms with Gasteiger partial charge in [0.2, 0.25) is 0 Å². The molecule has 1 unspecified atom stereocenters. The van der Waals surface area contributed by atoms with E-state index >= 15 is 0 Å². The van der Waals surface area contributed by atoms with Crippen molar-refractivity contribution in [2.24, 2.45) is 5.73 Å². The van der Waals surface area contributed by atoms with Crippen molar-refractivity contribution in [3.05, 3.63) is 23.9 Å². The number of carbonyl (C=O) groups is 1. The molecule has 1 atom stereocenters. The molecule has 14 heavy (non-hydrogen) atoms. The number of ketones is 1. The van der Waals surface area contributed by atoms with Crippen LogP contribution < -0.4 is 10.6 Å². The minimum absolute atomic E-state index is 0.0817. The van der Waals surface area contributed by atoms with Crippen molar-refractivity contribution in [3.63, 3.8) is 0 Å². The highest BCUT2D eigenvalue weighted by Gasteiger charge is 2.16. The lowest BCUT2D eigenvalue weighted by atomic mass is 10.1. The molecule has 1 rings (SSSR count). The zero-order valence-corrected chi connectivity index (χ0v) is 8.69. The molecular formula is C10H15N3O. The molecule has 0 spiro atoms. The highest BCUT2D eigenvalue weighted by atomic mass is 16.1. The van der Waals surface area contributed by atoms with Crippen molar-refractivity contribution in [1.82, 2.24) is 4.98 Å². The molecular weight excluding hydrogens is 178 g/mol. The Morgan fingerprint density at radius 1 is 1.57 bits per heavy atom. The van der Waals surface area contributed by atoms with Gasteiger partial charge in [0.1, 0.15) is 5.82 Å². The van der Waals surface area contributed by atoms with Gasteiger partial charge in [0, 0.05) is 20.3 Å². The monoisotopic (exact) mass is 193 g/mol. The summed E-state index contributed by atoms with van der Waals surface area (Å²) in [5.41, 5.74) is 6.12. The molecule has 0 aliphatic rings. The Hall–Kier alpha value is -1.42. The molecule has 0 aromatic carbocycles. The number of aromatic nitrogens is 1. The fourth-order valence-corrected chi connectivity index (χ4v) is 1.19. The summed E-state index contributed by atoms with van der Waals surface area (Å²) in [7, 11) is 3.70. The number of rotatable bonds is 3. The van der Waals surface area contributed by atoms with E-state index in [1.807, 2.05) is 14.1 Å². The number of hydrogen-bond donors (Lipinski definition) is 1. The van der Waals surface area contributed by atoms with Crippen LogP contribution in [0.5, 0.6) is 0 Å². The van der Waals surface area contributed by atoms with E-state index in [1.165, 1.54) is 0 Å². The molecule has 1 aromatic rings. The zero-order chi connectivity index (χ0) is 10.7. The molecule has 0 radical (unpaired) electrons. The van der Waals surface area contributed by atoms with Gasteiger partial charge in [-0.25, -0.2) is 4.98 Å². The van der Waals surface area contributed by atoms with E-state index in [4.69, 9.17) is 5.73 Å². The van der Waals surface area contributed by atoms with E-state index in [-0.39, 0.29) is 5.78 Å². The van der Waals surface area contributed by atoms with Crippen LogP contribution in [0, 0.1) is 0 Å². The third-order valence-corrected chi connectivity index (χ3v) is 1.89. The first-order valence-electron chi connectivity index (χ1n) is 4.46. The molecule has 76 valence electrons. The number of hydrogen-bond acceptors (Lipinski definition) is 4. The molecule has 0 aliphatic carbocycles. The molecule has 0 amide bonds. The number of Topliss-reactive ketones (excluding diaryl/α,β-unsaturated/α-hetero) is 1. The summed E-state index contributed by atoms with van der Waals surface area (Å²) in [6.45, 7) is 1.68. The lowest BCUT2D eigenvalue weighted by Crippen LogP contribution is -2.28. The van der Waals surface area contributed by atoms with Crippen molar-refractivity contribution in [2.75, 3.05) is 19.0 Å². The zero-order valence-electron chi connectivity index (χ0n) is 8.69. The standard InChI is InChI=1S/C10H15N3O/c1-7(11)9(14)8-5-4-6-12-10(8)13(2)3/h4-7H,11H2,1-3H3. The van der Waals surface area contributed by atoms with Gasteiger partial charge >= 0.3 is 0 Å². The second-order valence-corrected chi connectivity index (χ2v) is 3.42. The van der Waals surface area contributed by atoms with Crippen LogP contribution in [0.2, 0.25) is 0 Å². The van der Waals surface area contributed by atoms with Gasteiger partial charge in [-0.3, -0.25) is 4.79 Å². The van der Waals surface area contributed by atoms with E-state index in [2.05, 4.69) is 4.98 Å². The highest BCUT2D eigenvalue weighted by molar-refractivity contribution is 6.03. The van der Waals surface area contributed by atoms with Crippen LogP contribution in [-0.2, 0) is 0 Å². The lowest BCUT2D eigenvalue weighted by molar-refractivity contribution is 0.0968. The molecule has 4 nitrogen and oxygen atoms in total. The summed E-state index contributed by atoms with van der Waals surface area (Å²) in [4.78, 5) is 17.6. The summed E-state index contributed by atoms with van der Waals surface area (Å²) in [6, 6.07) is 2.99. The topological polar surface area (TPSA) is 59.2 Å². The number of nitrogens with zero attached hydrogens (tertiary/aromatic N) is 2. The van der Waals surface area contributed by atoms with Gasteiger partial charge in [0.15, 0.2) is 5.78 Å². The van der Waals surface area contributed by atoms with E-state index < -0.39 is 6.04 Å². The summed E-state index contributed by atoms with van der Waals surface area (Å²) in [5, 5.41) is 0. The van der Waals surface area contributed by atoms with E-state index in [0.717, 1.165) is 0 Å². The van der Waals surface area contributed by atoms with Gasteiger partial charge < -0.3 is 10.6 Å². The van der Waals surface area contributed by atoms with Crippen molar-refractivity contribution in [1.29, 1.82) is 0 Å². The fourth-order valence-electron chi connectivity index (χ4n) is 1.19. The van der Waals surface area contributed by atoms with Gasteiger partial charge in [-0.15, -0.1) is 0 Å². The average Bonchev–Trinajstić information content (AvgIpc) is 2.16. The maximum atomic E-state index is 11.7. The van der Waals surface area contributed by atoms with Crippen molar-refractivity contribution >= 4 is 11.6 Å². The van der Waals surface area contributed by atoms with Gasteiger partial charge in [0.25, 0.3) is 0 Å². The second-order valence-electron chi connectivity index (χ2n) is 3.42. The quantitative estimate of drug-likeness (QED) is 0.717. The fraction of sp³-hybridized carbons (Fsp3) is 0.400. The normalized spacial score (nSPS) is 12.3. The summed E-state index contributed by atoms with van der Waals surface area (Å²) in [6.07, 6.45) is 1.66. The predicted octanol–water partition coefficient (Wildman–Crippen LogP) is 0.677. The van der Waals surface area contributed by atoms with Crippen molar-refractivity contribution < 1.29 is 4.79 Å². The molecule has 0 aliphatic heterocycles. The third-order valence-electron chi connectivity index (χ3n) is 1.89. The van der Waals surface area contributed by atoms with Crippen LogP contribution in [0.25, 0.3) is 0 Å². The molecule has 2 N–H and O–H groups in total. The Morgan fingerprint density at radius 3 is 2.71 bits per heavy atom. The largest absolute Gasteiger partial charge is 0.362 e. The number of carbonyl (C=O) groups excluding carboxylic acids is 1. The second kappa shape index (κ2) is 4.19. The molecule has 0 bridgehead atoms. The maximum absolute atomic E-state index is 11.7. The third kappa shape index (κ3) is 2.09. The lowest BCUT2D eigenvalue weighted by Gasteiger charge is -2.15. The molecule has 0 fully saturated rings. The van der Waals surface area contributed by atoms with E-state index in [9.17, 15) is 4.79 Å². The number of pyridine rings is 1. The molecule has 4 heteroatoms. The van der Waals surface area contributed by atoms with Gasteiger partial charge in [-0.2, -0.15) is 0 Å². The summed E-state index contributed by atoms with van der Waals surface area (Å²) < 4.78 is 0. The minimum Gasteiger partial charge on any atom is -0.362 e. The summed E-state index contributed by atoms with van der Waals surface area (Å²) in [5.74, 6) is 0.580. The van der Waals surface area contributed by atoms with Crippen LogP contribution in [-0.4, -0.2) is 30.9 Å². The SMILES string of the molecule is CC(N)C(=O)c1cccnc1N(C)C. The smallest absolute Gasteiger partial charge is 0.182 e. The van der Waals surface area contributed by atoms with Crippen molar-refractivity contribution in [3.8, 4) is 0 Å². The van der Waals surface area contributed by atoms with Gasteiger partial charge in [0.05, 0.1) is 11.6 Å². The van der Waals surface area contributed by atoms with E-state index in [0.29, 0.717) is 11.4 Å². The molecule has 1 aromatic heterocycles. The number of anilines is 1. The Morgan fingerprint density at radius 2 is 2.21 bits per heavy atom. The molecule has 0 saturated carbocycles. The predicted molar refractivity (Wildman–Crippen MR) is 56.5 cm³/mol. The number of nitrogens with two attached hydrogens (primary N) is 1. The van der Waals surface area contributed by atoms with Crippen LogP contribution in [0.3, 0.4) is 0 Å². The average molecular weight is 193 g/mol. The van der Waals surface area contributed by atoms with Gasteiger partial charge in [-0.05, 0) is 19.1 Å². The summed E-state index contributed by atoms with van der Waals surface area (Å²) >= 11 is 0. The van der Waals surface area contributed by atoms with Crippen LogP contribution in [0.1, 0.15) is 17.3 Å². The van der Waals surface area contributed by atoms with Crippen LogP contribution in [0.15, 0.2) is 18.3 Å². The first-order chi connectivity index (χ1) is 6.54.